The summed E-state index contributed by atoms with van der Waals surface area (Å²) in [6.07, 6.45) is 0.764. The van der Waals surface area contributed by atoms with Crippen LogP contribution in [0, 0.1) is 6.92 Å². The molecule has 0 radical (unpaired) electrons. The molecule has 0 aliphatic rings. The van der Waals surface area contributed by atoms with E-state index in [-0.39, 0.29) is 0 Å². The molecule has 0 atom stereocenters. The first-order chi connectivity index (χ1) is 9.65. The van der Waals surface area contributed by atoms with Crippen molar-refractivity contribution in [1.82, 2.24) is 0 Å². The van der Waals surface area contributed by atoms with Crippen LogP contribution >= 0.6 is 15.9 Å². The lowest BCUT2D eigenvalue weighted by Gasteiger charge is -2.14. The predicted octanol–water partition coefficient (Wildman–Crippen LogP) is 4.16. The monoisotopic (exact) mass is 334 g/mol. The van der Waals surface area contributed by atoms with Crippen LogP contribution in [0.15, 0.2) is 40.9 Å². The summed E-state index contributed by atoms with van der Waals surface area (Å²) < 4.78 is 11.8. The molecular weight excluding hydrogens is 320 g/mol. The molecule has 2 rings (SSSR count). The average molecular weight is 335 g/mol. The Balaban J connectivity index is 2.29. The lowest BCUT2D eigenvalue weighted by atomic mass is 10.1. The highest BCUT2D eigenvalue weighted by Crippen LogP contribution is 2.34. The van der Waals surface area contributed by atoms with Crippen LogP contribution in [0.4, 0.5) is 0 Å². The smallest absolute Gasteiger partial charge is 0.172 e. The van der Waals surface area contributed by atoms with Gasteiger partial charge in [-0.1, -0.05) is 40.2 Å². The minimum Gasteiger partial charge on any atom is -0.493 e. The number of hydrogen-bond donors (Lipinski definition) is 0. The van der Waals surface area contributed by atoms with Gasteiger partial charge < -0.3 is 9.47 Å². The minimum absolute atomic E-state index is 0.394. The third-order valence-electron chi connectivity index (χ3n) is 3.03. The molecule has 0 N–H and O–H groups in total. The molecule has 0 aliphatic heterocycles. The third kappa shape index (κ3) is 3.20. The van der Waals surface area contributed by atoms with Gasteiger partial charge >= 0.3 is 0 Å². The average Bonchev–Trinajstić information content (AvgIpc) is 2.46. The van der Waals surface area contributed by atoms with E-state index in [4.69, 9.17) is 9.47 Å². The zero-order valence-electron chi connectivity index (χ0n) is 11.4. The zero-order valence-corrected chi connectivity index (χ0v) is 12.9. The Bertz CT molecular complexity index is 623. The Morgan fingerprint density at radius 2 is 2.00 bits per heavy atom. The van der Waals surface area contributed by atoms with Crippen molar-refractivity contribution < 1.29 is 14.3 Å². The highest BCUT2D eigenvalue weighted by Gasteiger charge is 2.12. The molecule has 2 aromatic rings. The van der Waals surface area contributed by atoms with Crippen LogP contribution < -0.4 is 9.47 Å². The number of rotatable bonds is 5. The lowest BCUT2D eigenvalue weighted by Crippen LogP contribution is -2.02. The molecule has 0 aliphatic carbocycles. The largest absolute Gasteiger partial charge is 0.493 e. The molecule has 0 amide bonds. The summed E-state index contributed by atoms with van der Waals surface area (Å²) in [7, 11) is 1.55. The van der Waals surface area contributed by atoms with Crippen LogP contribution in [0.3, 0.4) is 0 Å². The number of ether oxygens (including phenoxy) is 2. The predicted molar refractivity (Wildman–Crippen MR) is 81.6 cm³/mol. The molecule has 0 spiro atoms. The highest BCUT2D eigenvalue weighted by molar-refractivity contribution is 9.10. The molecule has 104 valence electrons. The summed E-state index contributed by atoms with van der Waals surface area (Å²) in [4.78, 5) is 11.2. The third-order valence-corrected chi connectivity index (χ3v) is 3.49. The summed E-state index contributed by atoms with van der Waals surface area (Å²) >= 11 is 3.34. The van der Waals surface area contributed by atoms with Crippen LogP contribution in [0.2, 0.25) is 0 Å². The number of benzene rings is 2. The van der Waals surface area contributed by atoms with E-state index in [0.29, 0.717) is 23.7 Å². The van der Waals surface area contributed by atoms with E-state index in [1.54, 1.807) is 19.2 Å². The van der Waals surface area contributed by atoms with Gasteiger partial charge in [0.2, 0.25) is 0 Å². The number of aldehydes is 1. The van der Waals surface area contributed by atoms with Crippen molar-refractivity contribution in [3.05, 3.63) is 57.6 Å². The van der Waals surface area contributed by atoms with Gasteiger partial charge in [0.15, 0.2) is 17.8 Å². The van der Waals surface area contributed by atoms with E-state index in [0.717, 1.165) is 21.9 Å². The Hall–Kier alpha value is -1.81. The molecule has 0 fully saturated rings. The Kier molecular flexibility index (Phi) is 4.79. The first-order valence-corrected chi connectivity index (χ1v) is 6.95. The maximum absolute atomic E-state index is 11.2. The fraction of sp³-hybridized carbons (Fsp3) is 0.188. The van der Waals surface area contributed by atoms with Gasteiger partial charge in [-0.25, -0.2) is 0 Å². The molecular formula is C16H15BrO3. The number of halogens is 1. The minimum atomic E-state index is 0.394. The van der Waals surface area contributed by atoms with Gasteiger partial charge in [-0.2, -0.15) is 0 Å². The molecule has 3 nitrogen and oxygen atoms in total. The van der Waals surface area contributed by atoms with E-state index in [9.17, 15) is 4.79 Å². The van der Waals surface area contributed by atoms with Crippen molar-refractivity contribution in [2.45, 2.75) is 13.5 Å². The molecule has 0 heterocycles. The number of hydrogen-bond acceptors (Lipinski definition) is 3. The van der Waals surface area contributed by atoms with Crippen LogP contribution in [0.5, 0.6) is 11.5 Å². The number of carbonyl (C=O) groups is 1. The fourth-order valence-electron chi connectivity index (χ4n) is 1.90. The van der Waals surface area contributed by atoms with Crippen LogP contribution in [0.25, 0.3) is 0 Å². The molecule has 0 bridgehead atoms. The van der Waals surface area contributed by atoms with Crippen molar-refractivity contribution in [3.63, 3.8) is 0 Å². The summed E-state index contributed by atoms with van der Waals surface area (Å²) in [5, 5.41) is 0. The summed E-state index contributed by atoms with van der Waals surface area (Å²) in [6, 6.07) is 11.5. The maximum atomic E-state index is 11.2. The molecule has 0 unspecified atom stereocenters. The Labute approximate surface area is 126 Å². The highest BCUT2D eigenvalue weighted by atomic mass is 79.9. The van der Waals surface area contributed by atoms with Crippen molar-refractivity contribution in [1.29, 1.82) is 0 Å². The van der Waals surface area contributed by atoms with Crippen molar-refractivity contribution in [2.24, 2.45) is 0 Å². The number of carbonyl (C=O) groups excluding carboxylic acids is 1. The lowest BCUT2D eigenvalue weighted by molar-refractivity contribution is 0.111. The van der Waals surface area contributed by atoms with E-state index in [1.807, 2.05) is 31.2 Å². The van der Waals surface area contributed by atoms with Gasteiger partial charge in [-0.3, -0.25) is 4.79 Å². The zero-order chi connectivity index (χ0) is 14.5. The van der Waals surface area contributed by atoms with E-state index in [1.165, 1.54) is 0 Å². The van der Waals surface area contributed by atoms with Crippen LogP contribution in [-0.2, 0) is 6.61 Å². The van der Waals surface area contributed by atoms with Gasteiger partial charge in [-0.15, -0.1) is 0 Å². The number of aryl methyl sites for hydroxylation is 1. The van der Waals surface area contributed by atoms with Crippen molar-refractivity contribution in [3.8, 4) is 11.5 Å². The topological polar surface area (TPSA) is 35.5 Å². The van der Waals surface area contributed by atoms with E-state index < -0.39 is 0 Å². The Morgan fingerprint density at radius 3 is 2.65 bits per heavy atom. The number of methoxy groups -OCH3 is 1. The molecule has 4 heteroatoms. The quantitative estimate of drug-likeness (QED) is 0.770. The molecule has 2 aromatic carbocycles. The summed E-state index contributed by atoms with van der Waals surface area (Å²) in [5.74, 6) is 1.00. The van der Waals surface area contributed by atoms with Crippen molar-refractivity contribution >= 4 is 22.2 Å². The second-order valence-electron chi connectivity index (χ2n) is 4.36. The van der Waals surface area contributed by atoms with E-state index in [2.05, 4.69) is 15.9 Å². The maximum Gasteiger partial charge on any atom is 0.172 e. The van der Waals surface area contributed by atoms with Crippen molar-refractivity contribution in [2.75, 3.05) is 7.11 Å². The fourth-order valence-corrected chi connectivity index (χ4v) is 2.36. The standard InChI is InChI=1S/C16H15BrO3/c1-11-5-3-4-6-12(11)10-20-16-13(9-18)7-14(17)8-15(16)19-2/h3-9H,10H2,1-2H3. The van der Waals surface area contributed by atoms with Gasteiger partial charge in [-0.05, 0) is 30.2 Å². The second-order valence-corrected chi connectivity index (χ2v) is 5.28. The molecule has 0 saturated carbocycles. The van der Waals surface area contributed by atoms with Crippen LogP contribution in [-0.4, -0.2) is 13.4 Å². The molecule has 0 aromatic heterocycles. The molecule has 0 saturated heterocycles. The first kappa shape index (κ1) is 14.6. The van der Waals surface area contributed by atoms with Gasteiger partial charge in [0, 0.05) is 4.47 Å². The van der Waals surface area contributed by atoms with E-state index >= 15 is 0 Å². The molecule has 20 heavy (non-hydrogen) atoms. The normalized spacial score (nSPS) is 10.2. The first-order valence-electron chi connectivity index (χ1n) is 6.15. The summed E-state index contributed by atoms with van der Waals surface area (Å²) in [5.41, 5.74) is 2.69. The van der Waals surface area contributed by atoms with Gasteiger partial charge in [0.05, 0.1) is 12.7 Å². The SMILES string of the molecule is COc1cc(Br)cc(C=O)c1OCc1ccccc1C. The summed E-state index contributed by atoms with van der Waals surface area (Å²) in [6.45, 7) is 2.42. The second kappa shape index (κ2) is 6.57. The van der Waals surface area contributed by atoms with Crippen LogP contribution in [0.1, 0.15) is 21.5 Å². The Morgan fingerprint density at radius 1 is 1.25 bits per heavy atom. The van der Waals surface area contributed by atoms with Gasteiger partial charge in [0.25, 0.3) is 0 Å². The van der Waals surface area contributed by atoms with Gasteiger partial charge in [0.1, 0.15) is 6.61 Å².